The summed E-state index contributed by atoms with van der Waals surface area (Å²) in [5, 5.41) is 9.77. The lowest BCUT2D eigenvalue weighted by molar-refractivity contribution is 0.174. The zero-order chi connectivity index (χ0) is 10.3. The number of hydrogen-bond acceptors (Lipinski definition) is 3. The summed E-state index contributed by atoms with van der Waals surface area (Å²) >= 11 is 0. The quantitative estimate of drug-likeness (QED) is 0.689. The van der Waals surface area contributed by atoms with E-state index in [1.54, 1.807) is 6.07 Å². The Bertz CT molecular complexity index is 364. The standard InChI is InChI=1S/C11H14O3/c1-11(2,3)7-4-9-10(5-8(7)12)14-6-13-9/h4-5,12H,6H2,1-3H3. The predicted octanol–water partition coefficient (Wildman–Crippen LogP) is 2.42. The third-order valence-corrected chi connectivity index (χ3v) is 2.30. The van der Waals surface area contributed by atoms with Gasteiger partial charge in [-0.15, -0.1) is 0 Å². The fraction of sp³-hybridized carbons (Fsp3) is 0.455. The first-order valence-electron chi connectivity index (χ1n) is 4.61. The Morgan fingerprint density at radius 2 is 1.71 bits per heavy atom. The van der Waals surface area contributed by atoms with Gasteiger partial charge in [0.1, 0.15) is 5.75 Å². The molecule has 0 aliphatic carbocycles. The molecule has 0 unspecified atom stereocenters. The Balaban J connectivity index is 2.53. The molecular formula is C11H14O3. The fourth-order valence-corrected chi connectivity index (χ4v) is 1.53. The fourth-order valence-electron chi connectivity index (χ4n) is 1.53. The number of phenols is 1. The molecule has 0 aromatic heterocycles. The second kappa shape index (κ2) is 2.80. The van der Waals surface area contributed by atoms with Crippen LogP contribution >= 0.6 is 0 Å². The van der Waals surface area contributed by atoms with Gasteiger partial charge in [0.25, 0.3) is 0 Å². The van der Waals surface area contributed by atoms with Crippen molar-refractivity contribution in [3.05, 3.63) is 17.7 Å². The molecule has 1 N–H and O–H groups in total. The van der Waals surface area contributed by atoms with Crippen LogP contribution in [0.15, 0.2) is 12.1 Å². The van der Waals surface area contributed by atoms with Crippen LogP contribution in [0, 0.1) is 0 Å². The molecule has 0 saturated heterocycles. The molecule has 0 spiro atoms. The molecule has 14 heavy (non-hydrogen) atoms. The molecule has 2 rings (SSSR count). The molecule has 0 amide bonds. The van der Waals surface area contributed by atoms with E-state index in [1.807, 2.05) is 26.8 Å². The van der Waals surface area contributed by atoms with E-state index in [4.69, 9.17) is 9.47 Å². The summed E-state index contributed by atoms with van der Waals surface area (Å²) in [7, 11) is 0. The molecule has 1 aromatic rings. The van der Waals surface area contributed by atoms with Crippen LogP contribution in [-0.4, -0.2) is 11.9 Å². The Morgan fingerprint density at radius 3 is 2.29 bits per heavy atom. The van der Waals surface area contributed by atoms with Crippen LogP contribution in [0.2, 0.25) is 0 Å². The summed E-state index contributed by atoms with van der Waals surface area (Å²) < 4.78 is 10.4. The molecule has 3 nitrogen and oxygen atoms in total. The van der Waals surface area contributed by atoms with Crippen molar-refractivity contribution in [1.82, 2.24) is 0 Å². The molecule has 1 aliphatic rings. The van der Waals surface area contributed by atoms with E-state index in [0.717, 1.165) is 5.56 Å². The Morgan fingerprint density at radius 1 is 1.14 bits per heavy atom. The van der Waals surface area contributed by atoms with Crippen molar-refractivity contribution >= 4 is 0 Å². The number of ether oxygens (including phenoxy) is 2. The molecule has 76 valence electrons. The van der Waals surface area contributed by atoms with Gasteiger partial charge in [0.2, 0.25) is 6.79 Å². The van der Waals surface area contributed by atoms with Gasteiger partial charge in [0.05, 0.1) is 0 Å². The van der Waals surface area contributed by atoms with Crippen molar-refractivity contribution in [2.24, 2.45) is 0 Å². The van der Waals surface area contributed by atoms with E-state index < -0.39 is 0 Å². The summed E-state index contributed by atoms with van der Waals surface area (Å²) in [6.45, 7) is 6.38. The van der Waals surface area contributed by atoms with E-state index in [9.17, 15) is 5.11 Å². The monoisotopic (exact) mass is 194 g/mol. The van der Waals surface area contributed by atoms with E-state index in [0.29, 0.717) is 11.5 Å². The molecule has 0 bridgehead atoms. The van der Waals surface area contributed by atoms with Gasteiger partial charge in [-0.2, -0.15) is 0 Å². The molecule has 0 atom stereocenters. The summed E-state index contributed by atoms with van der Waals surface area (Å²) in [5.41, 5.74) is 0.784. The largest absolute Gasteiger partial charge is 0.508 e. The highest BCUT2D eigenvalue weighted by atomic mass is 16.7. The smallest absolute Gasteiger partial charge is 0.231 e. The minimum Gasteiger partial charge on any atom is -0.508 e. The first kappa shape index (κ1) is 9.19. The van der Waals surface area contributed by atoms with Gasteiger partial charge in [-0.25, -0.2) is 0 Å². The number of hydrogen-bond donors (Lipinski definition) is 1. The zero-order valence-electron chi connectivity index (χ0n) is 8.63. The van der Waals surface area contributed by atoms with E-state index in [-0.39, 0.29) is 18.0 Å². The maximum absolute atomic E-state index is 9.77. The zero-order valence-corrected chi connectivity index (χ0v) is 8.63. The minimum absolute atomic E-state index is 0.0922. The van der Waals surface area contributed by atoms with Crippen molar-refractivity contribution < 1.29 is 14.6 Å². The van der Waals surface area contributed by atoms with E-state index >= 15 is 0 Å². The second-order valence-corrected chi connectivity index (χ2v) is 4.47. The molecule has 1 aromatic carbocycles. The topological polar surface area (TPSA) is 38.7 Å². The van der Waals surface area contributed by atoms with Gasteiger partial charge in [0.15, 0.2) is 11.5 Å². The molecule has 0 fully saturated rings. The Hall–Kier alpha value is -1.38. The number of benzene rings is 1. The van der Waals surface area contributed by atoms with Crippen LogP contribution in [0.5, 0.6) is 17.2 Å². The highest BCUT2D eigenvalue weighted by molar-refractivity contribution is 5.53. The average Bonchev–Trinajstić information content (AvgIpc) is 2.47. The van der Waals surface area contributed by atoms with Crippen molar-refractivity contribution in [1.29, 1.82) is 0 Å². The minimum atomic E-state index is -0.0922. The first-order chi connectivity index (χ1) is 6.48. The Labute approximate surface area is 83.3 Å². The maximum atomic E-state index is 9.77. The van der Waals surface area contributed by atoms with Crippen molar-refractivity contribution in [2.75, 3.05) is 6.79 Å². The van der Waals surface area contributed by atoms with Crippen molar-refractivity contribution in [3.63, 3.8) is 0 Å². The SMILES string of the molecule is CC(C)(C)c1cc2c(cc1O)OCO2. The van der Waals surface area contributed by atoms with Crippen LogP contribution in [0.25, 0.3) is 0 Å². The number of phenolic OH excluding ortho intramolecular Hbond substituents is 1. The van der Waals surface area contributed by atoms with Crippen LogP contribution in [-0.2, 0) is 5.41 Å². The summed E-state index contributed by atoms with van der Waals surface area (Å²) in [6, 6.07) is 3.46. The lowest BCUT2D eigenvalue weighted by atomic mass is 9.86. The van der Waals surface area contributed by atoms with Gasteiger partial charge in [0, 0.05) is 11.6 Å². The summed E-state index contributed by atoms with van der Waals surface area (Å²) in [6.07, 6.45) is 0. The van der Waals surface area contributed by atoms with Crippen molar-refractivity contribution in [2.45, 2.75) is 26.2 Å². The third kappa shape index (κ3) is 1.39. The summed E-state index contributed by atoms with van der Waals surface area (Å²) in [5.74, 6) is 1.60. The van der Waals surface area contributed by atoms with E-state index in [1.165, 1.54) is 0 Å². The van der Waals surface area contributed by atoms with Crippen LogP contribution in [0.3, 0.4) is 0 Å². The van der Waals surface area contributed by atoms with E-state index in [2.05, 4.69) is 0 Å². The maximum Gasteiger partial charge on any atom is 0.231 e. The van der Waals surface area contributed by atoms with Gasteiger partial charge < -0.3 is 14.6 Å². The number of fused-ring (bicyclic) bond motifs is 1. The van der Waals surface area contributed by atoms with Crippen LogP contribution in [0.4, 0.5) is 0 Å². The molecule has 0 saturated carbocycles. The van der Waals surface area contributed by atoms with Gasteiger partial charge >= 0.3 is 0 Å². The van der Waals surface area contributed by atoms with Gasteiger partial charge in [-0.05, 0) is 11.5 Å². The predicted molar refractivity (Wildman–Crippen MR) is 52.9 cm³/mol. The third-order valence-electron chi connectivity index (χ3n) is 2.30. The lowest BCUT2D eigenvalue weighted by Crippen LogP contribution is -2.11. The molecule has 3 heteroatoms. The molecule has 1 heterocycles. The highest BCUT2D eigenvalue weighted by Crippen LogP contribution is 2.41. The average molecular weight is 194 g/mol. The second-order valence-electron chi connectivity index (χ2n) is 4.47. The van der Waals surface area contributed by atoms with Crippen LogP contribution < -0.4 is 9.47 Å². The molecule has 1 aliphatic heterocycles. The summed E-state index contributed by atoms with van der Waals surface area (Å²) in [4.78, 5) is 0. The lowest BCUT2D eigenvalue weighted by Gasteiger charge is -2.20. The molecule has 0 radical (unpaired) electrons. The van der Waals surface area contributed by atoms with Crippen molar-refractivity contribution in [3.8, 4) is 17.2 Å². The van der Waals surface area contributed by atoms with Crippen LogP contribution in [0.1, 0.15) is 26.3 Å². The number of aromatic hydroxyl groups is 1. The van der Waals surface area contributed by atoms with Gasteiger partial charge in [-0.3, -0.25) is 0 Å². The van der Waals surface area contributed by atoms with Gasteiger partial charge in [-0.1, -0.05) is 20.8 Å². The first-order valence-corrected chi connectivity index (χ1v) is 4.61. The number of rotatable bonds is 0. The molecular weight excluding hydrogens is 180 g/mol. The Kier molecular flexibility index (Phi) is 1.84. The highest BCUT2D eigenvalue weighted by Gasteiger charge is 2.23. The normalized spacial score (nSPS) is 14.5.